The van der Waals surface area contributed by atoms with Gasteiger partial charge in [-0.15, -0.1) is 5.06 Å². The number of nitrogens with zero attached hydrogens (tertiary/aromatic N) is 1. The number of hydrogen-bond acceptors (Lipinski definition) is 5. The SMILES string of the molecule is C=C(OCC)C(=O)ON1C(=O)CCC1=O. The first-order valence-electron chi connectivity index (χ1n) is 4.46. The Morgan fingerprint density at radius 3 is 2.40 bits per heavy atom. The second-order valence-corrected chi connectivity index (χ2v) is 2.82. The Kier molecular flexibility index (Phi) is 3.43. The van der Waals surface area contributed by atoms with Crippen LogP contribution in [0.5, 0.6) is 0 Å². The van der Waals surface area contributed by atoms with E-state index in [-0.39, 0.29) is 25.2 Å². The maximum absolute atomic E-state index is 11.2. The fourth-order valence-corrected chi connectivity index (χ4v) is 1.02. The Labute approximate surface area is 86.4 Å². The summed E-state index contributed by atoms with van der Waals surface area (Å²) in [4.78, 5) is 37.8. The summed E-state index contributed by atoms with van der Waals surface area (Å²) in [6, 6.07) is 0. The number of carbonyl (C=O) groups is 3. The molecule has 1 aliphatic rings. The van der Waals surface area contributed by atoms with Crippen molar-refractivity contribution in [1.82, 2.24) is 5.06 Å². The molecule has 0 radical (unpaired) electrons. The number of carbonyl (C=O) groups excluding carboxylic acids is 3. The molecule has 0 bridgehead atoms. The summed E-state index contributed by atoms with van der Waals surface area (Å²) in [5.74, 6) is -2.22. The van der Waals surface area contributed by atoms with Crippen LogP contribution in [0.1, 0.15) is 19.8 Å². The predicted molar refractivity (Wildman–Crippen MR) is 47.9 cm³/mol. The Hall–Kier alpha value is -1.85. The Bertz CT molecular complexity index is 306. The average molecular weight is 213 g/mol. The lowest BCUT2D eigenvalue weighted by molar-refractivity contribution is -0.196. The van der Waals surface area contributed by atoms with Crippen LogP contribution in [0.4, 0.5) is 0 Å². The molecule has 0 atom stereocenters. The largest absolute Gasteiger partial charge is 0.487 e. The van der Waals surface area contributed by atoms with Gasteiger partial charge in [0.15, 0.2) is 5.76 Å². The fraction of sp³-hybridized carbons (Fsp3) is 0.444. The van der Waals surface area contributed by atoms with Gasteiger partial charge in [-0.05, 0) is 13.5 Å². The molecule has 6 heteroatoms. The van der Waals surface area contributed by atoms with Crippen molar-refractivity contribution in [2.75, 3.05) is 6.61 Å². The molecule has 0 aliphatic carbocycles. The van der Waals surface area contributed by atoms with Gasteiger partial charge in [0.2, 0.25) is 0 Å². The molecule has 0 N–H and O–H groups in total. The Morgan fingerprint density at radius 1 is 1.40 bits per heavy atom. The van der Waals surface area contributed by atoms with Crippen LogP contribution in [0.2, 0.25) is 0 Å². The van der Waals surface area contributed by atoms with Gasteiger partial charge in [-0.2, -0.15) is 0 Å². The summed E-state index contributed by atoms with van der Waals surface area (Å²) in [5.41, 5.74) is 0. The molecule has 15 heavy (non-hydrogen) atoms. The van der Waals surface area contributed by atoms with Gasteiger partial charge in [0.1, 0.15) is 0 Å². The molecule has 0 unspecified atom stereocenters. The highest BCUT2D eigenvalue weighted by Crippen LogP contribution is 2.13. The first kappa shape index (κ1) is 11.2. The lowest BCUT2D eigenvalue weighted by Gasteiger charge is -2.13. The highest BCUT2D eigenvalue weighted by atomic mass is 16.7. The molecule has 0 aromatic heterocycles. The van der Waals surface area contributed by atoms with Crippen molar-refractivity contribution in [3.63, 3.8) is 0 Å². The van der Waals surface area contributed by atoms with Gasteiger partial charge in [0.05, 0.1) is 6.61 Å². The van der Waals surface area contributed by atoms with Gasteiger partial charge in [-0.3, -0.25) is 9.59 Å². The van der Waals surface area contributed by atoms with Crippen LogP contribution in [-0.2, 0) is 24.0 Å². The van der Waals surface area contributed by atoms with Crippen molar-refractivity contribution >= 4 is 17.8 Å². The second-order valence-electron chi connectivity index (χ2n) is 2.82. The van der Waals surface area contributed by atoms with Crippen molar-refractivity contribution in [1.29, 1.82) is 0 Å². The van der Waals surface area contributed by atoms with Gasteiger partial charge in [-0.25, -0.2) is 4.79 Å². The molecule has 2 amide bonds. The number of amides is 2. The summed E-state index contributed by atoms with van der Waals surface area (Å²) in [5, 5.41) is 0.451. The number of hydroxylamine groups is 2. The van der Waals surface area contributed by atoms with Crippen LogP contribution in [0.3, 0.4) is 0 Å². The number of imide groups is 1. The highest BCUT2D eigenvalue weighted by Gasteiger charge is 2.33. The summed E-state index contributed by atoms with van der Waals surface area (Å²) in [6.07, 6.45) is 0.125. The molecule has 1 saturated heterocycles. The molecule has 1 heterocycles. The number of rotatable bonds is 4. The van der Waals surface area contributed by atoms with E-state index in [0.29, 0.717) is 5.06 Å². The summed E-state index contributed by atoms with van der Waals surface area (Å²) >= 11 is 0. The second kappa shape index (κ2) is 4.59. The molecule has 1 rings (SSSR count). The van der Waals surface area contributed by atoms with E-state index in [9.17, 15) is 14.4 Å². The van der Waals surface area contributed by atoms with E-state index >= 15 is 0 Å². The quantitative estimate of drug-likeness (QED) is 0.377. The van der Waals surface area contributed by atoms with E-state index in [4.69, 9.17) is 4.74 Å². The van der Waals surface area contributed by atoms with Gasteiger partial charge >= 0.3 is 5.97 Å². The minimum atomic E-state index is -0.930. The lowest BCUT2D eigenvalue weighted by Crippen LogP contribution is -2.32. The van der Waals surface area contributed by atoms with Crippen molar-refractivity contribution < 1.29 is 24.0 Å². The van der Waals surface area contributed by atoms with Crippen LogP contribution in [0.25, 0.3) is 0 Å². The van der Waals surface area contributed by atoms with Gasteiger partial charge in [-0.1, -0.05) is 0 Å². The van der Waals surface area contributed by atoms with E-state index in [1.165, 1.54) is 0 Å². The third-order valence-corrected chi connectivity index (χ3v) is 1.73. The molecule has 82 valence electrons. The maximum atomic E-state index is 11.2. The monoisotopic (exact) mass is 213 g/mol. The maximum Gasteiger partial charge on any atom is 0.397 e. The zero-order valence-corrected chi connectivity index (χ0v) is 8.32. The van der Waals surface area contributed by atoms with E-state index in [1.807, 2.05) is 0 Å². The minimum absolute atomic E-state index is 0.0627. The topological polar surface area (TPSA) is 72.9 Å². The first-order valence-corrected chi connectivity index (χ1v) is 4.46. The minimum Gasteiger partial charge on any atom is -0.487 e. The molecular weight excluding hydrogens is 202 g/mol. The van der Waals surface area contributed by atoms with E-state index in [0.717, 1.165) is 0 Å². The van der Waals surface area contributed by atoms with Crippen LogP contribution in [-0.4, -0.2) is 29.5 Å². The zero-order valence-electron chi connectivity index (χ0n) is 8.32. The van der Waals surface area contributed by atoms with E-state index < -0.39 is 17.8 Å². The van der Waals surface area contributed by atoms with Crippen molar-refractivity contribution in [2.24, 2.45) is 0 Å². The summed E-state index contributed by atoms with van der Waals surface area (Å²) in [7, 11) is 0. The van der Waals surface area contributed by atoms with E-state index in [1.54, 1.807) is 6.92 Å². The Balaban J connectivity index is 2.54. The zero-order chi connectivity index (χ0) is 11.4. The van der Waals surface area contributed by atoms with E-state index in [2.05, 4.69) is 11.4 Å². The van der Waals surface area contributed by atoms with Gasteiger partial charge in [0.25, 0.3) is 11.8 Å². The van der Waals surface area contributed by atoms with Crippen LogP contribution >= 0.6 is 0 Å². The first-order chi connectivity index (χ1) is 7.06. The van der Waals surface area contributed by atoms with Crippen molar-refractivity contribution in [2.45, 2.75) is 19.8 Å². The number of hydrogen-bond donors (Lipinski definition) is 0. The number of ether oxygens (including phenoxy) is 1. The lowest BCUT2D eigenvalue weighted by atomic mass is 10.4. The van der Waals surface area contributed by atoms with Gasteiger partial charge < -0.3 is 9.57 Å². The van der Waals surface area contributed by atoms with Crippen LogP contribution in [0.15, 0.2) is 12.3 Å². The highest BCUT2D eigenvalue weighted by molar-refractivity contribution is 6.02. The summed E-state index contributed by atoms with van der Waals surface area (Å²) in [6.45, 7) is 5.22. The molecule has 0 saturated carbocycles. The summed E-state index contributed by atoms with van der Waals surface area (Å²) < 4.78 is 4.77. The fourth-order valence-electron chi connectivity index (χ4n) is 1.02. The van der Waals surface area contributed by atoms with Crippen molar-refractivity contribution in [3.8, 4) is 0 Å². The van der Waals surface area contributed by atoms with Crippen LogP contribution < -0.4 is 0 Å². The van der Waals surface area contributed by atoms with Crippen molar-refractivity contribution in [3.05, 3.63) is 12.3 Å². The Morgan fingerprint density at radius 2 is 1.93 bits per heavy atom. The standard InChI is InChI=1S/C9H11NO5/c1-3-14-6(2)9(13)15-10-7(11)4-5-8(10)12/h2-5H2,1H3. The van der Waals surface area contributed by atoms with Gasteiger partial charge in [0, 0.05) is 12.8 Å². The van der Waals surface area contributed by atoms with Crippen LogP contribution in [0, 0.1) is 0 Å². The predicted octanol–water partition coefficient (Wildman–Crippen LogP) is 0.144. The third-order valence-electron chi connectivity index (χ3n) is 1.73. The molecule has 0 aromatic rings. The average Bonchev–Trinajstić information content (AvgIpc) is 2.49. The molecule has 0 spiro atoms. The molecule has 0 aromatic carbocycles. The molecule has 1 aliphatic heterocycles. The molecular formula is C9H11NO5. The third kappa shape index (κ3) is 2.55. The molecule has 6 nitrogen and oxygen atoms in total. The smallest absolute Gasteiger partial charge is 0.397 e. The normalized spacial score (nSPS) is 15.4. The molecule has 1 fully saturated rings.